The molecule has 3 N–H and O–H groups in total. The number of halogens is 3. The van der Waals surface area contributed by atoms with Gasteiger partial charge in [-0.2, -0.15) is 9.90 Å². The van der Waals surface area contributed by atoms with Gasteiger partial charge in [0.05, 0.1) is 0 Å². The first kappa shape index (κ1) is 45.6. The van der Waals surface area contributed by atoms with Gasteiger partial charge in [0.25, 0.3) is 0 Å². The van der Waals surface area contributed by atoms with Crippen LogP contribution in [-0.4, -0.2) is 29.9 Å². The molecule has 6 nitrogen and oxygen atoms in total. The number of nitrogens with one attached hydrogen (secondary N) is 3. The SMILES string of the molecule is CCCCCC(CC)c1c[nH][c-]n1.CCCCCC(CC)c1c[nH][c-]n1.CCCCCC(CC)c1c[nH][c-]n1.P.[Cl][Cr]([Cl])[Cl]. The van der Waals surface area contributed by atoms with Gasteiger partial charge in [-0.1, -0.05) is 173 Å². The average Bonchev–Trinajstić information content (AvgIpc) is 3.81. The molecular formula is C33H60Cl3CrN6P-3. The molecule has 0 bridgehead atoms. The van der Waals surface area contributed by atoms with Gasteiger partial charge in [-0.25, -0.2) is 0 Å². The Labute approximate surface area is 290 Å². The van der Waals surface area contributed by atoms with Gasteiger partial charge in [0.15, 0.2) is 0 Å². The molecule has 0 spiro atoms. The van der Waals surface area contributed by atoms with Crippen molar-refractivity contribution in [2.45, 2.75) is 156 Å². The van der Waals surface area contributed by atoms with Crippen LogP contribution < -0.4 is 0 Å². The monoisotopic (exact) mass is 728 g/mol. The van der Waals surface area contributed by atoms with Crippen molar-refractivity contribution in [2.24, 2.45) is 0 Å². The number of nitrogens with zero attached hydrogens (tertiary/aromatic N) is 3. The molecule has 44 heavy (non-hydrogen) atoms. The van der Waals surface area contributed by atoms with Crippen LogP contribution in [0.3, 0.4) is 0 Å². The van der Waals surface area contributed by atoms with E-state index < -0.39 is 11.4 Å². The van der Waals surface area contributed by atoms with E-state index in [9.17, 15) is 0 Å². The summed E-state index contributed by atoms with van der Waals surface area (Å²) >= 11 is -1.62. The van der Waals surface area contributed by atoms with Gasteiger partial charge in [-0.15, -0.1) is 18.6 Å². The minimum atomic E-state index is -1.62. The summed E-state index contributed by atoms with van der Waals surface area (Å²) in [6, 6.07) is 0. The third kappa shape index (κ3) is 23.7. The number of aromatic nitrogens is 6. The topological polar surface area (TPSA) is 86.0 Å². The van der Waals surface area contributed by atoms with E-state index in [1.54, 1.807) is 0 Å². The number of unbranched alkanes of at least 4 members (excludes halogenated alkanes) is 6. The standard InChI is InChI=1S/3C11H19N2.3ClH.Cr.H3P/c3*1-3-5-6-7-10(4-2)11-8-12-9-13-11;;;;;/h3*8,10H,3-7H2,1-2H3,(H,12,13);3*1H;;1H3/q3*-1;;;;+3;/p-3. The van der Waals surface area contributed by atoms with Gasteiger partial charge in [0.2, 0.25) is 0 Å². The molecule has 0 aliphatic heterocycles. The summed E-state index contributed by atoms with van der Waals surface area (Å²) in [6.07, 6.45) is 33.4. The fourth-order valence-corrected chi connectivity index (χ4v) is 4.94. The third-order valence-corrected chi connectivity index (χ3v) is 7.61. The molecule has 0 aliphatic rings. The van der Waals surface area contributed by atoms with Crippen molar-refractivity contribution in [2.75, 3.05) is 0 Å². The van der Waals surface area contributed by atoms with E-state index in [0.29, 0.717) is 17.8 Å². The molecule has 3 aromatic rings. The Morgan fingerprint density at radius 2 is 0.795 bits per heavy atom. The van der Waals surface area contributed by atoms with E-state index >= 15 is 0 Å². The summed E-state index contributed by atoms with van der Waals surface area (Å²) in [5, 5.41) is 0. The summed E-state index contributed by atoms with van der Waals surface area (Å²) in [7, 11) is 14.8. The molecule has 0 saturated carbocycles. The number of imidazole rings is 3. The third-order valence-electron chi connectivity index (χ3n) is 7.61. The Morgan fingerprint density at radius 1 is 0.545 bits per heavy atom. The van der Waals surface area contributed by atoms with Crippen molar-refractivity contribution in [1.29, 1.82) is 0 Å². The Kier molecular flexibility index (Phi) is 33.6. The molecule has 0 fully saturated rings. The first-order chi connectivity index (χ1) is 20.9. The number of aromatic amines is 3. The van der Waals surface area contributed by atoms with Crippen LogP contribution in [0.4, 0.5) is 0 Å². The summed E-state index contributed by atoms with van der Waals surface area (Å²) in [5.74, 6) is 1.90. The normalized spacial score (nSPS) is 12.4. The molecule has 0 radical (unpaired) electrons. The Morgan fingerprint density at radius 3 is 0.955 bits per heavy atom. The zero-order valence-corrected chi connectivity index (χ0v) is 33.1. The van der Waals surface area contributed by atoms with Crippen LogP contribution >= 0.6 is 40.0 Å². The molecule has 0 saturated heterocycles. The summed E-state index contributed by atoms with van der Waals surface area (Å²) < 4.78 is 0. The second kappa shape index (κ2) is 32.4. The summed E-state index contributed by atoms with van der Waals surface area (Å²) in [5.41, 5.74) is 3.54. The molecule has 0 aliphatic carbocycles. The van der Waals surface area contributed by atoms with Crippen LogP contribution in [0.15, 0.2) is 18.6 Å². The van der Waals surface area contributed by atoms with Crippen LogP contribution in [0.25, 0.3) is 0 Å². The molecule has 0 aromatic carbocycles. The van der Waals surface area contributed by atoms with Crippen LogP contribution in [0.5, 0.6) is 0 Å². The van der Waals surface area contributed by atoms with E-state index in [0.717, 1.165) is 0 Å². The quantitative estimate of drug-likeness (QED) is 0.0692. The molecular weight excluding hydrogens is 670 g/mol. The predicted octanol–water partition coefficient (Wildman–Crippen LogP) is 12.0. The van der Waals surface area contributed by atoms with E-state index in [4.69, 9.17) is 30.1 Å². The molecule has 11 heteroatoms. The summed E-state index contributed by atoms with van der Waals surface area (Å²) in [6.45, 7) is 13.4. The number of H-pyrrole nitrogens is 3. The maximum atomic E-state index is 4.93. The van der Waals surface area contributed by atoms with Crippen molar-refractivity contribution in [3.05, 3.63) is 54.7 Å². The van der Waals surface area contributed by atoms with Crippen molar-refractivity contribution in [3.8, 4) is 0 Å². The van der Waals surface area contributed by atoms with E-state index in [1.807, 2.05) is 18.6 Å². The van der Waals surface area contributed by atoms with Gasteiger partial charge in [-0.3, -0.25) is 0 Å². The number of hydrogen-bond donors (Lipinski definition) is 3. The fraction of sp³-hybridized carbons (Fsp3) is 0.727. The molecule has 257 valence electrons. The summed E-state index contributed by atoms with van der Waals surface area (Å²) in [4.78, 5) is 21.3. The van der Waals surface area contributed by atoms with Crippen LogP contribution in [0, 0.1) is 19.0 Å². The van der Waals surface area contributed by atoms with Gasteiger partial charge in [0, 0.05) is 0 Å². The van der Waals surface area contributed by atoms with Crippen LogP contribution in [0.1, 0.15) is 173 Å². The van der Waals surface area contributed by atoms with Crippen LogP contribution in [-0.2, 0) is 11.4 Å². The van der Waals surface area contributed by atoms with Crippen molar-refractivity contribution in [1.82, 2.24) is 29.9 Å². The zero-order chi connectivity index (χ0) is 32.1. The Bertz CT molecular complexity index is 797. The van der Waals surface area contributed by atoms with Gasteiger partial charge in [-0.05, 0) is 19.0 Å². The molecule has 4 unspecified atom stereocenters. The second-order valence-electron chi connectivity index (χ2n) is 10.8. The first-order valence-corrected chi connectivity index (χ1v) is 21.6. The Hall–Kier alpha value is -0.538. The molecule has 3 rings (SSSR count). The van der Waals surface area contributed by atoms with Crippen LogP contribution in [0.2, 0.25) is 0 Å². The molecule has 3 aromatic heterocycles. The van der Waals surface area contributed by atoms with Crippen molar-refractivity contribution in [3.63, 3.8) is 0 Å². The average molecular weight is 730 g/mol. The van der Waals surface area contributed by atoms with E-state index in [-0.39, 0.29) is 9.90 Å². The molecule has 0 amide bonds. The maximum absolute atomic E-state index is 4.93. The number of hydrogen-bond acceptors (Lipinski definition) is 3. The first-order valence-electron chi connectivity index (χ1n) is 16.3. The van der Waals surface area contributed by atoms with Crippen molar-refractivity contribution >= 4 is 40.0 Å². The van der Waals surface area contributed by atoms with E-state index in [1.165, 1.54) is 113 Å². The van der Waals surface area contributed by atoms with E-state index in [2.05, 4.69) is 90.4 Å². The zero-order valence-electron chi connectivity index (χ0n) is 28.2. The van der Waals surface area contributed by atoms with Gasteiger partial charge < -0.3 is 29.9 Å². The van der Waals surface area contributed by atoms with Gasteiger partial charge >= 0.3 is 41.5 Å². The van der Waals surface area contributed by atoms with Gasteiger partial charge in [0.1, 0.15) is 0 Å². The molecule has 4 atom stereocenters. The second-order valence-corrected chi connectivity index (χ2v) is 17.1. The fourth-order valence-electron chi connectivity index (χ4n) is 4.94. The number of rotatable bonds is 18. The predicted molar refractivity (Wildman–Crippen MR) is 192 cm³/mol. The Balaban J connectivity index is 0. The minimum absolute atomic E-state index is 0. The molecule has 3 heterocycles. The van der Waals surface area contributed by atoms with Crippen molar-refractivity contribution < 1.29 is 11.4 Å².